The topological polar surface area (TPSA) is 70.8 Å². The van der Waals surface area contributed by atoms with Gasteiger partial charge in [0.1, 0.15) is 6.10 Å². The predicted molar refractivity (Wildman–Crippen MR) is 80.8 cm³/mol. The first-order chi connectivity index (χ1) is 10.0. The number of methoxy groups -OCH3 is 2. The van der Waals surface area contributed by atoms with Gasteiger partial charge in [-0.05, 0) is 31.6 Å². The number of carbonyl (C=O) groups excluding carboxylic acids is 1. The van der Waals surface area contributed by atoms with E-state index in [0.717, 1.165) is 25.7 Å². The molecule has 116 valence electrons. The number of rotatable bonds is 4. The van der Waals surface area contributed by atoms with Crippen LogP contribution in [0.1, 0.15) is 43.0 Å². The molecule has 0 saturated heterocycles. The van der Waals surface area contributed by atoms with Crippen LogP contribution in [-0.2, 0) is 4.74 Å². The number of hydrogen-bond acceptors (Lipinski definition) is 5. The van der Waals surface area contributed by atoms with E-state index in [1.165, 1.54) is 14.2 Å². The van der Waals surface area contributed by atoms with Gasteiger partial charge in [-0.25, -0.2) is 4.79 Å². The van der Waals surface area contributed by atoms with Crippen LogP contribution >= 0.6 is 0 Å². The van der Waals surface area contributed by atoms with Crippen LogP contribution < -0.4 is 15.2 Å². The third kappa shape index (κ3) is 3.60. The van der Waals surface area contributed by atoms with E-state index in [1.807, 2.05) is 0 Å². The quantitative estimate of drug-likeness (QED) is 0.682. The summed E-state index contributed by atoms with van der Waals surface area (Å²) in [5, 5.41) is 0. The summed E-state index contributed by atoms with van der Waals surface area (Å²) in [6, 6.07) is 3.15. The second kappa shape index (κ2) is 6.70. The largest absolute Gasteiger partial charge is 0.493 e. The maximum Gasteiger partial charge on any atom is 0.340 e. The van der Waals surface area contributed by atoms with E-state index < -0.39 is 5.97 Å². The van der Waals surface area contributed by atoms with Gasteiger partial charge in [0.05, 0.1) is 25.5 Å². The first-order valence-corrected chi connectivity index (χ1v) is 7.27. The molecule has 1 saturated carbocycles. The lowest BCUT2D eigenvalue weighted by Gasteiger charge is -2.26. The molecule has 0 atom stereocenters. The van der Waals surface area contributed by atoms with Gasteiger partial charge in [0.15, 0.2) is 11.5 Å². The van der Waals surface area contributed by atoms with Gasteiger partial charge in [-0.2, -0.15) is 0 Å². The van der Waals surface area contributed by atoms with Crippen LogP contribution in [0.3, 0.4) is 0 Å². The fourth-order valence-corrected chi connectivity index (χ4v) is 2.63. The number of ether oxygens (including phenoxy) is 3. The molecule has 0 bridgehead atoms. The molecule has 21 heavy (non-hydrogen) atoms. The van der Waals surface area contributed by atoms with E-state index in [0.29, 0.717) is 28.7 Å². The first-order valence-electron chi connectivity index (χ1n) is 7.27. The van der Waals surface area contributed by atoms with Crippen molar-refractivity contribution in [3.8, 4) is 11.5 Å². The molecule has 1 aromatic carbocycles. The Balaban J connectivity index is 2.11. The van der Waals surface area contributed by atoms with Crippen LogP contribution in [0.4, 0.5) is 5.69 Å². The van der Waals surface area contributed by atoms with Crippen LogP contribution in [0.15, 0.2) is 12.1 Å². The summed E-state index contributed by atoms with van der Waals surface area (Å²) < 4.78 is 15.9. The van der Waals surface area contributed by atoms with Crippen molar-refractivity contribution in [3.05, 3.63) is 17.7 Å². The zero-order valence-corrected chi connectivity index (χ0v) is 12.8. The van der Waals surface area contributed by atoms with Crippen LogP contribution in [0.5, 0.6) is 11.5 Å². The van der Waals surface area contributed by atoms with E-state index in [9.17, 15) is 4.79 Å². The van der Waals surface area contributed by atoms with Gasteiger partial charge in [0, 0.05) is 12.1 Å². The molecule has 0 aliphatic heterocycles. The second-order valence-corrected chi connectivity index (χ2v) is 5.58. The van der Waals surface area contributed by atoms with Crippen molar-refractivity contribution in [1.82, 2.24) is 0 Å². The Morgan fingerprint density at radius 2 is 1.67 bits per heavy atom. The van der Waals surface area contributed by atoms with Gasteiger partial charge in [-0.3, -0.25) is 0 Å². The molecule has 0 radical (unpaired) electrons. The lowest BCUT2D eigenvalue weighted by Crippen LogP contribution is -2.24. The molecule has 0 unspecified atom stereocenters. The first kappa shape index (κ1) is 15.5. The Morgan fingerprint density at radius 3 is 2.24 bits per heavy atom. The van der Waals surface area contributed by atoms with Gasteiger partial charge in [-0.1, -0.05) is 6.92 Å². The van der Waals surface area contributed by atoms with E-state index in [1.54, 1.807) is 12.1 Å². The predicted octanol–water partition coefficient (Wildman–Crippen LogP) is 3.02. The van der Waals surface area contributed by atoms with Crippen molar-refractivity contribution in [2.75, 3.05) is 20.0 Å². The fourth-order valence-electron chi connectivity index (χ4n) is 2.63. The van der Waals surface area contributed by atoms with Crippen molar-refractivity contribution in [2.24, 2.45) is 5.92 Å². The molecule has 2 rings (SSSR count). The van der Waals surface area contributed by atoms with E-state index in [2.05, 4.69) is 6.92 Å². The van der Waals surface area contributed by atoms with Gasteiger partial charge < -0.3 is 19.9 Å². The maximum atomic E-state index is 12.3. The second-order valence-electron chi connectivity index (χ2n) is 5.58. The Morgan fingerprint density at radius 1 is 1.10 bits per heavy atom. The normalized spacial score (nSPS) is 21.7. The molecule has 0 spiro atoms. The Bertz CT molecular complexity index is 507. The number of esters is 1. The van der Waals surface area contributed by atoms with Gasteiger partial charge in [-0.15, -0.1) is 0 Å². The van der Waals surface area contributed by atoms with Gasteiger partial charge in [0.25, 0.3) is 0 Å². The lowest BCUT2D eigenvalue weighted by atomic mass is 9.89. The van der Waals surface area contributed by atoms with E-state index in [-0.39, 0.29) is 6.10 Å². The monoisotopic (exact) mass is 293 g/mol. The third-order valence-corrected chi connectivity index (χ3v) is 4.01. The molecule has 1 aromatic rings. The Kier molecular flexibility index (Phi) is 4.94. The van der Waals surface area contributed by atoms with E-state index in [4.69, 9.17) is 19.9 Å². The number of nitrogen functional groups attached to an aromatic ring is 1. The smallest absolute Gasteiger partial charge is 0.340 e. The Hall–Kier alpha value is -1.91. The number of carbonyl (C=O) groups is 1. The fraction of sp³-hybridized carbons (Fsp3) is 0.562. The highest BCUT2D eigenvalue weighted by atomic mass is 16.5. The molecule has 0 heterocycles. The molecular formula is C16H23NO4. The van der Waals surface area contributed by atoms with Crippen LogP contribution in [0.2, 0.25) is 0 Å². The number of nitrogens with two attached hydrogens (primary N) is 1. The summed E-state index contributed by atoms with van der Waals surface area (Å²) >= 11 is 0. The average molecular weight is 293 g/mol. The lowest BCUT2D eigenvalue weighted by molar-refractivity contribution is 0.0174. The molecule has 1 aliphatic carbocycles. The van der Waals surface area contributed by atoms with Crippen LogP contribution in [0.25, 0.3) is 0 Å². The molecule has 5 heteroatoms. The minimum absolute atomic E-state index is 0.0128. The molecular weight excluding hydrogens is 270 g/mol. The number of benzene rings is 1. The highest BCUT2D eigenvalue weighted by Gasteiger charge is 2.24. The van der Waals surface area contributed by atoms with Crippen LogP contribution in [-0.4, -0.2) is 26.3 Å². The van der Waals surface area contributed by atoms with E-state index >= 15 is 0 Å². The van der Waals surface area contributed by atoms with Crippen molar-refractivity contribution in [1.29, 1.82) is 0 Å². The zero-order chi connectivity index (χ0) is 15.4. The highest BCUT2D eigenvalue weighted by molar-refractivity contribution is 5.96. The SMILES string of the molecule is COc1cc(N)c(C(=O)OC2CCC(C)CC2)cc1OC. The molecule has 0 amide bonds. The molecule has 5 nitrogen and oxygen atoms in total. The van der Waals surface area contributed by atoms with Crippen molar-refractivity contribution in [2.45, 2.75) is 38.7 Å². The molecule has 0 aromatic heterocycles. The highest BCUT2D eigenvalue weighted by Crippen LogP contribution is 2.33. The molecule has 1 aliphatic rings. The average Bonchev–Trinajstić information content (AvgIpc) is 2.49. The summed E-state index contributed by atoms with van der Waals surface area (Å²) in [7, 11) is 3.05. The maximum absolute atomic E-state index is 12.3. The molecule has 1 fully saturated rings. The Labute approximate surface area is 125 Å². The zero-order valence-electron chi connectivity index (χ0n) is 12.8. The molecule has 2 N–H and O–H groups in total. The summed E-state index contributed by atoms with van der Waals surface area (Å²) in [6.07, 6.45) is 4.01. The summed E-state index contributed by atoms with van der Waals surface area (Å²) in [5.74, 6) is 1.29. The van der Waals surface area contributed by atoms with Crippen LogP contribution in [0, 0.1) is 5.92 Å². The minimum Gasteiger partial charge on any atom is -0.493 e. The number of anilines is 1. The summed E-state index contributed by atoms with van der Waals surface area (Å²) in [5.41, 5.74) is 6.57. The standard InChI is InChI=1S/C16H23NO4/c1-10-4-6-11(7-5-10)21-16(18)12-8-14(19-2)15(20-3)9-13(12)17/h8-11H,4-7,17H2,1-3H3. The third-order valence-electron chi connectivity index (χ3n) is 4.01. The number of hydrogen-bond donors (Lipinski definition) is 1. The van der Waals surface area contributed by atoms with Gasteiger partial charge >= 0.3 is 5.97 Å². The van der Waals surface area contributed by atoms with Crippen molar-refractivity contribution >= 4 is 11.7 Å². The summed E-state index contributed by atoms with van der Waals surface area (Å²) in [4.78, 5) is 12.3. The minimum atomic E-state index is -0.395. The van der Waals surface area contributed by atoms with Crippen molar-refractivity contribution in [3.63, 3.8) is 0 Å². The summed E-state index contributed by atoms with van der Waals surface area (Å²) in [6.45, 7) is 2.23. The van der Waals surface area contributed by atoms with Gasteiger partial charge in [0.2, 0.25) is 0 Å². The van der Waals surface area contributed by atoms with Crippen molar-refractivity contribution < 1.29 is 19.0 Å².